The van der Waals surface area contributed by atoms with Crippen molar-refractivity contribution in [3.8, 4) is 0 Å². The molecule has 28 heavy (non-hydrogen) atoms. The van der Waals surface area contributed by atoms with Crippen LogP contribution in [0.5, 0.6) is 0 Å². The number of methoxy groups -OCH3 is 1. The third-order valence-electron chi connectivity index (χ3n) is 6.35. The second-order valence-electron chi connectivity index (χ2n) is 8.42. The number of piperidine rings is 1. The minimum atomic E-state index is 0.700. The summed E-state index contributed by atoms with van der Waals surface area (Å²) in [5, 5.41) is 0. The summed E-state index contributed by atoms with van der Waals surface area (Å²) < 4.78 is 5.37. The monoisotopic (exact) mass is 379 g/mol. The van der Waals surface area contributed by atoms with Gasteiger partial charge in [-0.1, -0.05) is 30.3 Å². The highest BCUT2D eigenvalue weighted by atomic mass is 16.5. The van der Waals surface area contributed by atoms with Crippen LogP contribution in [0.15, 0.2) is 48.8 Å². The van der Waals surface area contributed by atoms with Gasteiger partial charge in [-0.3, -0.25) is 14.8 Å². The molecule has 2 aliphatic rings. The highest BCUT2D eigenvalue weighted by Crippen LogP contribution is 2.29. The predicted molar refractivity (Wildman–Crippen MR) is 113 cm³/mol. The zero-order valence-corrected chi connectivity index (χ0v) is 17.1. The van der Waals surface area contributed by atoms with Gasteiger partial charge in [-0.2, -0.15) is 0 Å². The van der Waals surface area contributed by atoms with Crippen molar-refractivity contribution in [2.75, 3.05) is 39.9 Å². The van der Waals surface area contributed by atoms with Crippen molar-refractivity contribution in [2.45, 2.75) is 38.3 Å². The molecule has 0 spiro atoms. The minimum Gasteiger partial charge on any atom is -0.383 e. The van der Waals surface area contributed by atoms with Gasteiger partial charge in [0.05, 0.1) is 6.61 Å². The standard InChI is InChI=1S/C24H33N3O/c1-28-13-12-26(17-20-6-4-10-25-16-20)18-21-7-5-11-27(19-21)24-14-22-8-2-3-9-23(22)15-24/h2-4,6,8-10,16,21,24H,5,7,11-15,17-19H2,1H3. The number of aromatic nitrogens is 1. The Bertz CT molecular complexity index is 711. The van der Waals surface area contributed by atoms with Gasteiger partial charge in [-0.15, -0.1) is 0 Å². The van der Waals surface area contributed by atoms with Gasteiger partial charge in [0.1, 0.15) is 0 Å². The van der Waals surface area contributed by atoms with Gasteiger partial charge in [0, 0.05) is 51.7 Å². The molecular weight excluding hydrogens is 346 g/mol. The van der Waals surface area contributed by atoms with Crippen LogP contribution in [0, 0.1) is 5.92 Å². The smallest absolute Gasteiger partial charge is 0.0589 e. The van der Waals surface area contributed by atoms with Gasteiger partial charge in [-0.05, 0) is 60.9 Å². The molecule has 1 aromatic carbocycles. The molecule has 0 saturated carbocycles. The van der Waals surface area contributed by atoms with E-state index in [4.69, 9.17) is 4.74 Å². The van der Waals surface area contributed by atoms with Crippen molar-refractivity contribution < 1.29 is 4.74 Å². The van der Waals surface area contributed by atoms with E-state index in [1.807, 2.05) is 18.5 Å². The Hall–Kier alpha value is -1.75. The van der Waals surface area contributed by atoms with E-state index in [-0.39, 0.29) is 0 Å². The molecule has 1 aromatic heterocycles. The zero-order valence-electron chi connectivity index (χ0n) is 17.1. The van der Waals surface area contributed by atoms with Gasteiger partial charge in [0.25, 0.3) is 0 Å². The van der Waals surface area contributed by atoms with Crippen LogP contribution in [-0.2, 0) is 24.1 Å². The van der Waals surface area contributed by atoms with E-state index in [0.29, 0.717) is 6.04 Å². The molecule has 1 unspecified atom stereocenters. The fourth-order valence-electron chi connectivity index (χ4n) is 4.94. The second-order valence-corrected chi connectivity index (χ2v) is 8.42. The average Bonchev–Trinajstić information content (AvgIpc) is 3.17. The van der Waals surface area contributed by atoms with Crippen molar-refractivity contribution in [3.05, 3.63) is 65.5 Å². The highest BCUT2D eigenvalue weighted by Gasteiger charge is 2.30. The number of hydrogen-bond donors (Lipinski definition) is 0. The van der Waals surface area contributed by atoms with E-state index in [2.05, 4.69) is 45.1 Å². The lowest BCUT2D eigenvalue weighted by Crippen LogP contribution is -2.46. The van der Waals surface area contributed by atoms with Crippen LogP contribution >= 0.6 is 0 Å². The average molecular weight is 380 g/mol. The molecule has 1 aliphatic heterocycles. The van der Waals surface area contributed by atoms with E-state index in [0.717, 1.165) is 32.2 Å². The molecule has 1 fully saturated rings. The Morgan fingerprint density at radius 1 is 1.14 bits per heavy atom. The molecule has 4 heteroatoms. The Morgan fingerprint density at radius 2 is 1.96 bits per heavy atom. The first-order valence-corrected chi connectivity index (χ1v) is 10.7. The van der Waals surface area contributed by atoms with E-state index in [1.54, 1.807) is 18.2 Å². The van der Waals surface area contributed by atoms with Crippen LogP contribution in [0.2, 0.25) is 0 Å². The van der Waals surface area contributed by atoms with Gasteiger partial charge < -0.3 is 4.74 Å². The fraction of sp³-hybridized carbons (Fsp3) is 0.542. The van der Waals surface area contributed by atoms with Gasteiger partial charge in [0.15, 0.2) is 0 Å². The number of nitrogens with zero attached hydrogens (tertiary/aromatic N) is 3. The third kappa shape index (κ3) is 4.99. The molecule has 0 bridgehead atoms. The number of hydrogen-bond acceptors (Lipinski definition) is 4. The van der Waals surface area contributed by atoms with Crippen LogP contribution in [0.3, 0.4) is 0 Å². The summed E-state index contributed by atoms with van der Waals surface area (Å²) in [5.41, 5.74) is 4.42. The molecule has 0 N–H and O–H groups in total. The molecule has 1 aliphatic carbocycles. The molecule has 4 nitrogen and oxygen atoms in total. The Labute approximate surface area is 169 Å². The van der Waals surface area contributed by atoms with E-state index in [9.17, 15) is 0 Å². The predicted octanol–water partition coefficient (Wildman–Crippen LogP) is 3.41. The summed E-state index contributed by atoms with van der Waals surface area (Å²) in [6, 6.07) is 13.9. The maximum Gasteiger partial charge on any atom is 0.0589 e. The van der Waals surface area contributed by atoms with Gasteiger partial charge in [-0.25, -0.2) is 0 Å². The van der Waals surface area contributed by atoms with Crippen molar-refractivity contribution in [1.82, 2.24) is 14.8 Å². The number of fused-ring (bicyclic) bond motifs is 1. The van der Waals surface area contributed by atoms with Crippen molar-refractivity contribution >= 4 is 0 Å². The van der Waals surface area contributed by atoms with Gasteiger partial charge >= 0.3 is 0 Å². The molecule has 0 amide bonds. The van der Waals surface area contributed by atoms with E-state index >= 15 is 0 Å². The molecular formula is C24H33N3O. The third-order valence-corrected chi connectivity index (χ3v) is 6.35. The first kappa shape index (κ1) is 19.6. The van der Waals surface area contributed by atoms with Crippen molar-refractivity contribution in [2.24, 2.45) is 5.92 Å². The van der Waals surface area contributed by atoms with Gasteiger partial charge in [0.2, 0.25) is 0 Å². The first-order chi connectivity index (χ1) is 13.8. The van der Waals surface area contributed by atoms with Crippen molar-refractivity contribution in [3.63, 3.8) is 0 Å². The molecule has 4 rings (SSSR count). The van der Waals surface area contributed by atoms with Crippen LogP contribution < -0.4 is 0 Å². The lowest BCUT2D eigenvalue weighted by atomic mass is 9.95. The maximum atomic E-state index is 5.37. The summed E-state index contributed by atoms with van der Waals surface area (Å²) in [4.78, 5) is 9.61. The Balaban J connectivity index is 1.35. The number of pyridine rings is 1. The second kappa shape index (κ2) is 9.64. The fourth-order valence-corrected chi connectivity index (χ4v) is 4.94. The SMILES string of the molecule is COCCN(Cc1cccnc1)CC1CCCN(C2Cc3ccccc3C2)C1. The molecule has 1 saturated heterocycles. The van der Waals surface area contributed by atoms with E-state index < -0.39 is 0 Å². The zero-order chi connectivity index (χ0) is 19.2. The number of ether oxygens (including phenoxy) is 1. The molecule has 2 aromatic rings. The molecule has 1 atom stereocenters. The number of benzene rings is 1. The van der Waals surface area contributed by atoms with Crippen LogP contribution in [-0.4, -0.2) is 60.7 Å². The molecule has 2 heterocycles. The number of likely N-dealkylation sites (tertiary alicyclic amines) is 1. The Morgan fingerprint density at radius 3 is 2.68 bits per heavy atom. The largest absolute Gasteiger partial charge is 0.383 e. The highest BCUT2D eigenvalue weighted by molar-refractivity contribution is 5.33. The minimum absolute atomic E-state index is 0.700. The summed E-state index contributed by atoms with van der Waals surface area (Å²) in [6.07, 6.45) is 8.96. The number of rotatable bonds is 8. The first-order valence-electron chi connectivity index (χ1n) is 10.7. The quantitative estimate of drug-likeness (QED) is 0.703. The lowest BCUT2D eigenvalue weighted by molar-refractivity contribution is 0.0843. The Kier molecular flexibility index (Phi) is 6.73. The van der Waals surface area contributed by atoms with Crippen molar-refractivity contribution in [1.29, 1.82) is 0 Å². The van der Waals surface area contributed by atoms with Crippen LogP contribution in [0.1, 0.15) is 29.5 Å². The summed E-state index contributed by atoms with van der Waals surface area (Å²) >= 11 is 0. The maximum absolute atomic E-state index is 5.37. The van der Waals surface area contributed by atoms with Crippen LogP contribution in [0.4, 0.5) is 0 Å². The topological polar surface area (TPSA) is 28.6 Å². The summed E-state index contributed by atoms with van der Waals surface area (Å²) in [6.45, 7) is 6.37. The summed E-state index contributed by atoms with van der Waals surface area (Å²) in [5.74, 6) is 0.742. The molecule has 0 radical (unpaired) electrons. The van der Waals surface area contributed by atoms with E-state index in [1.165, 1.54) is 44.3 Å². The van der Waals surface area contributed by atoms with Crippen LogP contribution in [0.25, 0.3) is 0 Å². The lowest BCUT2D eigenvalue weighted by Gasteiger charge is -2.38. The molecule has 150 valence electrons. The normalized spacial score (nSPS) is 20.6. The summed E-state index contributed by atoms with van der Waals surface area (Å²) in [7, 11) is 1.79.